The van der Waals surface area contributed by atoms with Crippen LogP contribution in [0.5, 0.6) is 5.75 Å². The summed E-state index contributed by atoms with van der Waals surface area (Å²) in [6.45, 7) is 0. The minimum atomic E-state index is -2.70. The Bertz CT molecular complexity index is 2170. The molecule has 244 valence electrons. The van der Waals surface area contributed by atoms with Crippen LogP contribution in [0.1, 0.15) is 0 Å². The van der Waals surface area contributed by atoms with Crippen LogP contribution in [0, 0.1) is 29.1 Å². The quantitative estimate of drug-likeness (QED) is 0.0679. The summed E-state index contributed by atoms with van der Waals surface area (Å²) in [5, 5.41) is 17.6. The van der Waals surface area contributed by atoms with E-state index in [9.17, 15) is 22.0 Å². The predicted octanol–water partition coefficient (Wildman–Crippen LogP) is 10.1. The van der Waals surface area contributed by atoms with Crippen molar-refractivity contribution < 1.29 is 36.7 Å². The molecule has 0 unspecified atom stereocenters. The average molecular weight is 681 g/mol. The van der Waals surface area contributed by atoms with E-state index in [-0.39, 0.29) is 0 Å². The summed E-state index contributed by atoms with van der Waals surface area (Å²) in [4.78, 5) is 6.23. The first kappa shape index (κ1) is 33.5. The molecule has 0 saturated heterocycles. The Morgan fingerprint density at radius 3 is 1.59 bits per heavy atom. The number of aromatic amines is 1. The molecule has 6 aromatic carbocycles. The summed E-state index contributed by atoms with van der Waals surface area (Å²) in [5.41, 5.74) is 8.43. The van der Waals surface area contributed by atoms with Gasteiger partial charge in [-0.3, -0.25) is 0 Å². The fourth-order valence-corrected chi connectivity index (χ4v) is 6.16. The Hall–Kier alpha value is -5.36. The molecule has 7 rings (SSSR count). The van der Waals surface area contributed by atoms with E-state index in [1.54, 1.807) is 11.8 Å². The molecule has 0 bridgehead atoms. The summed E-state index contributed by atoms with van der Waals surface area (Å²) in [7, 11) is -2.70. The highest BCUT2D eigenvalue weighted by Gasteiger charge is 2.29. The third kappa shape index (κ3) is 7.24. The molecule has 0 saturated carbocycles. The van der Waals surface area contributed by atoms with Gasteiger partial charge in [0.25, 0.3) is 0 Å². The number of benzene rings is 6. The van der Waals surface area contributed by atoms with E-state index < -0.39 is 42.2 Å². The highest BCUT2D eigenvalue weighted by Crippen LogP contribution is 2.43. The van der Waals surface area contributed by atoms with Crippen LogP contribution in [-0.4, -0.2) is 22.4 Å². The van der Waals surface area contributed by atoms with Gasteiger partial charge in [0, 0.05) is 26.3 Å². The van der Waals surface area contributed by atoms with Crippen molar-refractivity contribution in [2.24, 2.45) is 0 Å². The molecule has 0 radical (unpaired) electrons. The number of halogens is 5. The van der Waals surface area contributed by atoms with Gasteiger partial charge in [-0.15, -0.1) is 0 Å². The van der Waals surface area contributed by atoms with E-state index in [1.165, 1.54) is 43.0 Å². The lowest BCUT2D eigenvalue weighted by atomic mass is 9.93. The summed E-state index contributed by atoms with van der Waals surface area (Å²) in [6, 6.07) is 47.3. The van der Waals surface area contributed by atoms with Crippen LogP contribution < -0.4 is 4.65 Å². The van der Waals surface area contributed by atoms with Gasteiger partial charge in [0.15, 0.2) is 5.75 Å². The van der Waals surface area contributed by atoms with Gasteiger partial charge in [0.2, 0.25) is 29.1 Å². The zero-order valence-corrected chi connectivity index (χ0v) is 26.2. The van der Waals surface area contributed by atoms with Crippen molar-refractivity contribution in [3.63, 3.8) is 0 Å². The fraction of sp³-hybridized carbons (Fsp3) is 0. The monoisotopic (exact) mass is 681 g/mol. The lowest BCUT2D eigenvalue weighted by Gasteiger charge is -2.10. The van der Waals surface area contributed by atoms with Gasteiger partial charge in [-0.2, -0.15) is 8.78 Å². The molecule has 0 atom stereocenters. The second-order valence-corrected chi connectivity index (χ2v) is 11.8. The Balaban J connectivity index is 0.000000235. The first-order valence-electron chi connectivity index (χ1n) is 14.9. The number of nitrogens with one attached hydrogen (secondary N) is 1. The van der Waals surface area contributed by atoms with Crippen molar-refractivity contribution in [1.29, 1.82) is 0 Å². The van der Waals surface area contributed by atoms with Crippen LogP contribution in [0.2, 0.25) is 0 Å². The normalized spacial score (nSPS) is 10.8. The third-order valence-electron chi connectivity index (χ3n) is 7.49. The predicted molar refractivity (Wildman–Crippen MR) is 182 cm³/mol. The number of H-pyrrole nitrogens is 1. The first-order valence-corrected chi connectivity index (χ1v) is 15.7. The Morgan fingerprint density at radius 1 is 0.510 bits per heavy atom. The molecule has 0 amide bonds. The van der Waals surface area contributed by atoms with E-state index in [0.29, 0.717) is 0 Å². The van der Waals surface area contributed by atoms with Crippen LogP contribution in [0.15, 0.2) is 143 Å². The lowest BCUT2D eigenvalue weighted by molar-refractivity contribution is 0.263. The van der Waals surface area contributed by atoms with Crippen molar-refractivity contribution in [3.05, 3.63) is 163 Å². The molecule has 7 aromatic rings. The molecular weight excluding hydrogens is 656 g/mol. The second kappa shape index (κ2) is 14.8. The molecule has 0 spiro atoms. The smallest absolute Gasteiger partial charge is 0.507 e. The van der Waals surface area contributed by atoms with Crippen LogP contribution in [0.25, 0.3) is 44.4 Å². The van der Waals surface area contributed by atoms with E-state index in [2.05, 4.69) is 143 Å². The van der Waals surface area contributed by atoms with Gasteiger partial charge >= 0.3 is 7.32 Å². The molecule has 49 heavy (non-hydrogen) atoms. The van der Waals surface area contributed by atoms with E-state index in [1.807, 2.05) is 0 Å². The fourth-order valence-electron chi connectivity index (χ4n) is 5.32. The van der Waals surface area contributed by atoms with Crippen LogP contribution in [-0.2, 0) is 0 Å². The van der Waals surface area contributed by atoms with Crippen molar-refractivity contribution in [2.75, 3.05) is 0 Å². The molecule has 0 aliphatic carbocycles. The van der Waals surface area contributed by atoms with E-state index in [0.717, 1.165) is 11.2 Å². The van der Waals surface area contributed by atoms with Crippen LogP contribution in [0.4, 0.5) is 22.0 Å². The maximum absolute atomic E-state index is 12.7. The maximum Gasteiger partial charge on any atom is 0.707 e. The molecular formula is C38H25BF5NO3S. The van der Waals surface area contributed by atoms with Crippen molar-refractivity contribution in [1.82, 2.24) is 4.98 Å². The molecule has 3 N–H and O–H groups in total. The van der Waals surface area contributed by atoms with Gasteiger partial charge < -0.3 is 19.7 Å². The molecule has 1 heterocycles. The van der Waals surface area contributed by atoms with E-state index in [4.69, 9.17) is 10.0 Å². The minimum Gasteiger partial charge on any atom is -0.507 e. The van der Waals surface area contributed by atoms with Crippen molar-refractivity contribution in [2.45, 2.75) is 9.79 Å². The standard InChI is InChI=1S/C32H23NS.C6H2BF5O3/c1-4-11-23(12-5-1)28-17-10-18-29-31(28)30(24-13-6-2-7-14-24)32(33-29)25-19-21-27(22-20-25)34-26-15-8-3-9-16-26;8-1-2(9)4(11)6(15-7(13)14)5(12)3(1)10/h1-22,33H;13-14H. The first-order chi connectivity index (χ1) is 23.7. The van der Waals surface area contributed by atoms with Gasteiger partial charge in [-0.25, -0.2) is 13.2 Å². The molecule has 1 aromatic heterocycles. The zero-order chi connectivity index (χ0) is 34.5. The number of fused-ring (bicyclic) bond motifs is 1. The zero-order valence-electron chi connectivity index (χ0n) is 25.4. The van der Waals surface area contributed by atoms with Crippen LogP contribution in [0.3, 0.4) is 0 Å². The maximum atomic E-state index is 12.7. The summed E-state index contributed by atoms with van der Waals surface area (Å²) >= 11 is 1.79. The SMILES string of the molecule is OB(O)Oc1c(F)c(F)c(F)c(F)c1F.c1ccc(Sc2ccc(-c3[nH]c4cccc(-c5ccccc5)c4c3-c3ccccc3)cc2)cc1. The Kier molecular flexibility index (Phi) is 10.1. The van der Waals surface area contributed by atoms with E-state index >= 15 is 0 Å². The minimum absolute atomic E-state index is 1.15. The summed E-state index contributed by atoms with van der Waals surface area (Å²) in [6.07, 6.45) is 0. The number of aromatic nitrogens is 1. The van der Waals surface area contributed by atoms with Gasteiger partial charge in [0.05, 0.1) is 5.69 Å². The highest BCUT2D eigenvalue weighted by atomic mass is 32.2. The number of rotatable bonds is 7. The Morgan fingerprint density at radius 2 is 1.02 bits per heavy atom. The molecule has 0 aliphatic heterocycles. The van der Waals surface area contributed by atoms with Crippen molar-refractivity contribution >= 4 is 30.0 Å². The molecule has 0 fully saturated rings. The Labute approximate surface area is 282 Å². The number of hydrogen-bond donors (Lipinski definition) is 3. The second-order valence-electron chi connectivity index (χ2n) is 10.6. The molecule has 0 aliphatic rings. The largest absolute Gasteiger partial charge is 0.707 e. The summed E-state index contributed by atoms with van der Waals surface area (Å²) < 4.78 is 66.3. The summed E-state index contributed by atoms with van der Waals surface area (Å²) in [5.74, 6) is -13.1. The molecule has 4 nitrogen and oxygen atoms in total. The lowest BCUT2D eigenvalue weighted by Crippen LogP contribution is -2.23. The number of hydrogen-bond acceptors (Lipinski definition) is 4. The topological polar surface area (TPSA) is 65.5 Å². The van der Waals surface area contributed by atoms with Gasteiger partial charge in [0.1, 0.15) is 0 Å². The average Bonchev–Trinajstić information content (AvgIpc) is 3.53. The van der Waals surface area contributed by atoms with Crippen molar-refractivity contribution in [3.8, 4) is 39.3 Å². The third-order valence-corrected chi connectivity index (χ3v) is 8.50. The highest BCUT2D eigenvalue weighted by molar-refractivity contribution is 7.99. The van der Waals surface area contributed by atoms with Gasteiger partial charge in [-0.1, -0.05) is 115 Å². The van der Waals surface area contributed by atoms with Gasteiger partial charge in [-0.05, 0) is 52.6 Å². The molecule has 11 heteroatoms. The van der Waals surface area contributed by atoms with Crippen LogP contribution >= 0.6 is 11.8 Å².